The van der Waals surface area contributed by atoms with Crippen LogP contribution in [-0.2, 0) is 19.1 Å². The molecule has 1 aromatic carbocycles. The lowest BCUT2D eigenvalue weighted by Gasteiger charge is -2.14. The number of allylic oxidation sites excluding steroid dienone is 2. The highest BCUT2D eigenvalue weighted by Crippen LogP contribution is 2.35. The minimum absolute atomic E-state index is 0.00776. The molecule has 0 saturated carbocycles. The minimum Gasteiger partial charge on any atom is -0.490 e. The standard InChI is InChI=1S/C21H25NO5/c1-14-7-8-15(2)18(13-14)26-11-12-27-19(23)9-10-22-20(24)16-5-3-4-6-17(16)21(22)25/h3-4,7-8,13,16-17H,5-6,9-12H2,1-2H3/t16-,17+. The quantitative estimate of drug-likeness (QED) is 0.319. The summed E-state index contributed by atoms with van der Waals surface area (Å²) < 4.78 is 10.8. The van der Waals surface area contributed by atoms with Crippen LogP contribution in [0.3, 0.4) is 0 Å². The van der Waals surface area contributed by atoms with E-state index < -0.39 is 5.97 Å². The number of imide groups is 1. The van der Waals surface area contributed by atoms with Crippen LogP contribution in [0.2, 0.25) is 0 Å². The van der Waals surface area contributed by atoms with Gasteiger partial charge in [0, 0.05) is 6.54 Å². The van der Waals surface area contributed by atoms with Gasteiger partial charge in [0.15, 0.2) is 0 Å². The second kappa shape index (κ2) is 8.37. The van der Waals surface area contributed by atoms with Gasteiger partial charge in [0.25, 0.3) is 0 Å². The Balaban J connectivity index is 1.39. The number of ether oxygens (including phenoxy) is 2. The molecule has 0 aromatic heterocycles. The Morgan fingerprint density at radius 3 is 2.41 bits per heavy atom. The Bertz CT molecular complexity index is 744. The topological polar surface area (TPSA) is 72.9 Å². The molecule has 0 N–H and O–H groups in total. The molecule has 3 rings (SSSR count). The van der Waals surface area contributed by atoms with Crippen molar-refractivity contribution in [3.05, 3.63) is 41.5 Å². The summed E-state index contributed by atoms with van der Waals surface area (Å²) in [5.41, 5.74) is 2.12. The van der Waals surface area contributed by atoms with E-state index in [1.807, 2.05) is 44.2 Å². The Morgan fingerprint density at radius 2 is 1.74 bits per heavy atom. The predicted molar refractivity (Wildman–Crippen MR) is 99.1 cm³/mol. The van der Waals surface area contributed by atoms with E-state index in [1.54, 1.807) is 0 Å². The summed E-state index contributed by atoms with van der Waals surface area (Å²) in [6, 6.07) is 5.93. The summed E-state index contributed by atoms with van der Waals surface area (Å²) in [5.74, 6) is -0.515. The molecule has 0 radical (unpaired) electrons. The number of carbonyl (C=O) groups is 3. The third-order valence-electron chi connectivity index (χ3n) is 5.09. The number of nitrogens with zero attached hydrogens (tertiary/aromatic N) is 1. The number of benzene rings is 1. The fourth-order valence-electron chi connectivity index (χ4n) is 3.53. The minimum atomic E-state index is -0.437. The molecule has 1 aliphatic heterocycles. The van der Waals surface area contributed by atoms with E-state index in [9.17, 15) is 14.4 Å². The number of hydrogen-bond acceptors (Lipinski definition) is 5. The van der Waals surface area contributed by atoms with Gasteiger partial charge in [0.05, 0.1) is 18.3 Å². The van der Waals surface area contributed by atoms with E-state index in [-0.39, 0.29) is 49.8 Å². The van der Waals surface area contributed by atoms with Crippen LogP contribution in [0.25, 0.3) is 0 Å². The number of esters is 1. The van der Waals surface area contributed by atoms with Crippen LogP contribution < -0.4 is 4.74 Å². The Labute approximate surface area is 159 Å². The van der Waals surface area contributed by atoms with Crippen molar-refractivity contribution in [1.82, 2.24) is 4.90 Å². The molecule has 1 aliphatic carbocycles. The summed E-state index contributed by atoms with van der Waals surface area (Å²) in [6.07, 6.45) is 5.10. The summed E-state index contributed by atoms with van der Waals surface area (Å²) >= 11 is 0. The van der Waals surface area contributed by atoms with Gasteiger partial charge in [-0.05, 0) is 43.9 Å². The second-order valence-corrected chi connectivity index (χ2v) is 7.07. The van der Waals surface area contributed by atoms with Crippen molar-refractivity contribution in [3.8, 4) is 5.75 Å². The lowest BCUT2D eigenvalue weighted by Crippen LogP contribution is -2.33. The van der Waals surface area contributed by atoms with Crippen LogP contribution in [0.5, 0.6) is 5.75 Å². The fourth-order valence-corrected chi connectivity index (χ4v) is 3.53. The molecule has 1 aromatic rings. The van der Waals surface area contributed by atoms with E-state index in [2.05, 4.69) is 0 Å². The first-order chi connectivity index (χ1) is 13.0. The summed E-state index contributed by atoms with van der Waals surface area (Å²) in [5, 5.41) is 0. The molecular weight excluding hydrogens is 346 g/mol. The Hall–Kier alpha value is -2.63. The largest absolute Gasteiger partial charge is 0.490 e. The Kier molecular flexibility index (Phi) is 5.94. The number of carbonyl (C=O) groups excluding carboxylic acids is 3. The van der Waals surface area contributed by atoms with E-state index in [1.165, 1.54) is 4.90 Å². The monoisotopic (exact) mass is 371 g/mol. The average Bonchev–Trinajstić information content (AvgIpc) is 2.90. The maximum absolute atomic E-state index is 12.3. The number of fused-ring (bicyclic) bond motifs is 1. The van der Waals surface area contributed by atoms with Gasteiger partial charge in [-0.15, -0.1) is 0 Å². The maximum atomic E-state index is 12.3. The van der Waals surface area contributed by atoms with Crippen molar-refractivity contribution < 1.29 is 23.9 Å². The highest BCUT2D eigenvalue weighted by Gasteiger charge is 2.46. The number of hydrogen-bond donors (Lipinski definition) is 0. The first kappa shape index (κ1) is 19.1. The first-order valence-corrected chi connectivity index (χ1v) is 9.33. The van der Waals surface area contributed by atoms with Crippen molar-refractivity contribution in [3.63, 3.8) is 0 Å². The van der Waals surface area contributed by atoms with Crippen LogP contribution in [0.1, 0.15) is 30.4 Å². The molecule has 2 aliphatic rings. The van der Waals surface area contributed by atoms with Crippen molar-refractivity contribution >= 4 is 17.8 Å². The molecule has 0 bridgehead atoms. The molecular formula is C21H25NO5. The molecule has 144 valence electrons. The zero-order chi connectivity index (χ0) is 19.4. The maximum Gasteiger partial charge on any atom is 0.307 e. The second-order valence-electron chi connectivity index (χ2n) is 7.07. The molecule has 6 heteroatoms. The van der Waals surface area contributed by atoms with Crippen LogP contribution >= 0.6 is 0 Å². The van der Waals surface area contributed by atoms with E-state index >= 15 is 0 Å². The van der Waals surface area contributed by atoms with Crippen LogP contribution in [0, 0.1) is 25.7 Å². The van der Waals surface area contributed by atoms with Gasteiger partial charge in [0.2, 0.25) is 11.8 Å². The number of aryl methyl sites for hydroxylation is 2. The van der Waals surface area contributed by atoms with Crippen molar-refractivity contribution in [2.24, 2.45) is 11.8 Å². The van der Waals surface area contributed by atoms with Gasteiger partial charge in [-0.1, -0.05) is 24.3 Å². The van der Waals surface area contributed by atoms with Gasteiger partial charge in [-0.25, -0.2) is 0 Å². The van der Waals surface area contributed by atoms with Gasteiger partial charge in [0.1, 0.15) is 19.0 Å². The molecule has 0 unspecified atom stereocenters. The molecule has 1 fully saturated rings. The smallest absolute Gasteiger partial charge is 0.307 e. The molecule has 1 saturated heterocycles. The predicted octanol–water partition coefficient (Wildman–Crippen LogP) is 2.57. The normalized spacial score (nSPS) is 21.3. The summed E-state index contributed by atoms with van der Waals surface area (Å²) in [4.78, 5) is 37.8. The van der Waals surface area contributed by atoms with E-state index in [4.69, 9.17) is 9.47 Å². The SMILES string of the molecule is Cc1ccc(C)c(OCCOC(=O)CCN2C(=O)[C@H]3CC=CC[C@H]3C2=O)c1. The van der Waals surface area contributed by atoms with Crippen molar-refractivity contribution in [2.45, 2.75) is 33.1 Å². The van der Waals surface area contributed by atoms with Crippen molar-refractivity contribution in [1.29, 1.82) is 0 Å². The van der Waals surface area contributed by atoms with Crippen LogP contribution in [0.15, 0.2) is 30.4 Å². The summed E-state index contributed by atoms with van der Waals surface area (Å²) in [7, 11) is 0. The number of rotatable bonds is 7. The third-order valence-corrected chi connectivity index (χ3v) is 5.09. The number of amides is 2. The summed E-state index contributed by atoms with van der Waals surface area (Å²) in [6.45, 7) is 4.41. The molecule has 1 heterocycles. The average molecular weight is 371 g/mol. The lowest BCUT2D eigenvalue weighted by molar-refractivity contribution is -0.146. The van der Waals surface area contributed by atoms with Gasteiger partial charge >= 0.3 is 5.97 Å². The van der Waals surface area contributed by atoms with Crippen molar-refractivity contribution in [2.75, 3.05) is 19.8 Å². The zero-order valence-corrected chi connectivity index (χ0v) is 15.8. The Morgan fingerprint density at radius 1 is 1.07 bits per heavy atom. The van der Waals surface area contributed by atoms with E-state index in [0.29, 0.717) is 12.8 Å². The first-order valence-electron chi connectivity index (χ1n) is 9.33. The number of likely N-dealkylation sites (tertiary alicyclic amines) is 1. The third kappa shape index (κ3) is 4.38. The molecule has 0 spiro atoms. The van der Waals surface area contributed by atoms with Gasteiger partial charge in [-0.3, -0.25) is 19.3 Å². The highest BCUT2D eigenvalue weighted by atomic mass is 16.6. The zero-order valence-electron chi connectivity index (χ0n) is 15.8. The van der Waals surface area contributed by atoms with Gasteiger partial charge in [-0.2, -0.15) is 0 Å². The molecule has 27 heavy (non-hydrogen) atoms. The highest BCUT2D eigenvalue weighted by molar-refractivity contribution is 6.05. The van der Waals surface area contributed by atoms with E-state index in [0.717, 1.165) is 16.9 Å². The molecule has 2 atom stereocenters. The molecule has 6 nitrogen and oxygen atoms in total. The fraction of sp³-hybridized carbons (Fsp3) is 0.476. The van der Waals surface area contributed by atoms with Crippen LogP contribution in [-0.4, -0.2) is 42.4 Å². The lowest BCUT2D eigenvalue weighted by atomic mass is 9.85. The molecule has 2 amide bonds. The van der Waals surface area contributed by atoms with Gasteiger partial charge < -0.3 is 9.47 Å². The van der Waals surface area contributed by atoms with Crippen LogP contribution in [0.4, 0.5) is 0 Å².